The van der Waals surface area contributed by atoms with Gasteiger partial charge in [0.1, 0.15) is 10.8 Å². The average Bonchev–Trinajstić information content (AvgIpc) is 3.27. The number of carbonyl (C=O) groups is 2. The van der Waals surface area contributed by atoms with Crippen LogP contribution in [0.1, 0.15) is 26.5 Å². The molecule has 35 heavy (non-hydrogen) atoms. The molecule has 2 aromatic heterocycles. The number of rotatable bonds is 7. The number of carbonyl (C=O) groups excluding carboxylic acids is 1. The molecular weight excluding hydrogens is 464 g/mol. The van der Waals surface area contributed by atoms with Crippen molar-refractivity contribution < 1.29 is 14.7 Å². The smallest absolute Gasteiger partial charge is 0.404 e. The third-order valence-corrected chi connectivity index (χ3v) is 6.34. The van der Waals surface area contributed by atoms with E-state index in [1.807, 2.05) is 56.3 Å². The van der Waals surface area contributed by atoms with Crippen LogP contribution in [-0.4, -0.2) is 26.7 Å². The summed E-state index contributed by atoms with van der Waals surface area (Å²) >= 11 is 1.39. The number of amides is 2. The fraction of sp³-hybridized carbons (Fsp3) is 0.231. The Labute approximate surface area is 206 Å². The topological polar surface area (TPSA) is 113 Å². The Hall–Kier alpha value is -3.98. The zero-order valence-electron chi connectivity index (χ0n) is 19.7. The van der Waals surface area contributed by atoms with Gasteiger partial charge < -0.3 is 20.3 Å². The third-order valence-electron chi connectivity index (χ3n) is 5.45. The molecule has 0 aliphatic carbocycles. The minimum absolute atomic E-state index is 0.00831. The van der Waals surface area contributed by atoms with E-state index in [9.17, 15) is 19.5 Å². The van der Waals surface area contributed by atoms with Gasteiger partial charge in [-0.1, -0.05) is 50.2 Å². The van der Waals surface area contributed by atoms with Crippen molar-refractivity contribution in [1.29, 1.82) is 0 Å². The molecule has 9 heteroatoms. The summed E-state index contributed by atoms with van der Waals surface area (Å²) < 4.78 is 1.68. The molecular formula is C26H26N4O4S. The first-order valence-electron chi connectivity index (χ1n) is 11.2. The van der Waals surface area contributed by atoms with E-state index < -0.39 is 6.09 Å². The highest BCUT2D eigenvalue weighted by atomic mass is 32.1. The van der Waals surface area contributed by atoms with Crippen molar-refractivity contribution in [2.75, 3.05) is 5.32 Å². The summed E-state index contributed by atoms with van der Waals surface area (Å²) in [5, 5.41) is 18.2. The number of hydrogen-bond acceptors (Lipinski definition) is 5. The fourth-order valence-electron chi connectivity index (χ4n) is 4.10. The van der Waals surface area contributed by atoms with Crippen molar-refractivity contribution in [2.24, 2.45) is 5.92 Å². The summed E-state index contributed by atoms with van der Waals surface area (Å²) in [5.41, 5.74) is 2.93. The minimum atomic E-state index is -1.16. The number of benzene rings is 2. The number of nitrogens with one attached hydrogen (secondary N) is 2. The summed E-state index contributed by atoms with van der Waals surface area (Å²) in [5.74, 6) is 0.451. The van der Waals surface area contributed by atoms with Crippen LogP contribution in [0, 0.1) is 5.92 Å². The standard InChI is InChI=1S/C26H26N4O4S/c1-15(2)13-30-21(12-27-26(33)34)23(17-7-5-4-6-8-17)20-11-18(9-10-19(20)25(30)32)24-29-22(14-35-24)28-16(3)31/h4-11,14-15,27H,12-13H2,1-3H3,(H,28,31)(H,33,34). The normalized spacial score (nSPS) is 11.1. The maximum Gasteiger partial charge on any atom is 0.404 e. The Bertz CT molecular complexity index is 1460. The average molecular weight is 491 g/mol. The Morgan fingerprint density at radius 3 is 2.49 bits per heavy atom. The van der Waals surface area contributed by atoms with E-state index in [0.29, 0.717) is 28.5 Å². The molecule has 0 aliphatic heterocycles. The van der Waals surface area contributed by atoms with Crippen LogP contribution in [0.4, 0.5) is 10.6 Å². The van der Waals surface area contributed by atoms with E-state index in [4.69, 9.17) is 0 Å². The lowest BCUT2D eigenvalue weighted by Gasteiger charge is -2.21. The number of carboxylic acid groups (broad SMARTS) is 1. The molecule has 0 spiro atoms. The van der Waals surface area contributed by atoms with Crippen molar-refractivity contribution >= 4 is 39.9 Å². The number of nitrogens with zero attached hydrogens (tertiary/aromatic N) is 2. The maximum absolute atomic E-state index is 13.6. The van der Waals surface area contributed by atoms with E-state index in [1.165, 1.54) is 18.3 Å². The van der Waals surface area contributed by atoms with Crippen LogP contribution in [0.3, 0.4) is 0 Å². The van der Waals surface area contributed by atoms with Crippen LogP contribution >= 0.6 is 11.3 Å². The molecule has 0 bridgehead atoms. The second-order valence-electron chi connectivity index (χ2n) is 8.64. The lowest BCUT2D eigenvalue weighted by atomic mass is 9.95. The van der Waals surface area contributed by atoms with Gasteiger partial charge in [0, 0.05) is 41.1 Å². The molecule has 0 unspecified atom stereocenters. The van der Waals surface area contributed by atoms with E-state index in [1.54, 1.807) is 16.0 Å². The van der Waals surface area contributed by atoms with Gasteiger partial charge in [0.2, 0.25) is 5.91 Å². The van der Waals surface area contributed by atoms with Crippen LogP contribution in [0.15, 0.2) is 58.7 Å². The number of pyridine rings is 1. The molecule has 0 atom stereocenters. The molecule has 0 radical (unpaired) electrons. The maximum atomic E-state index is 13.6. The summed E-state index contributed by atoms with van der Waals surface area (Å²) in [4.78, 5) is 40.9. The number of hydrogen-bond donors (Lipinski definition) is 3. The SMILES string of the molecule is CC(=O)Nc1csc(-c2ccc3c(=O)n(CC(C)C)c(CNC(=O)O)c(-c4ccccc4)c3c2)n1. The molecule has 8 nitrogen and oxygen atoms in total. The van der Waals surface area contributed by atoms with Gasteiger partial charge in [-0.25, -0.2) is 9.78 Å². The molecule has 3 N–H and O–H groups in total. The molecule has 4 rings (SSSR count). The number of aromatic nitrogens is 2. The Morgan fingerprint density at radius 1 is 1.09 bits per heavy atom. The zero-order chi connectivity index (χ0) is 25.1. The van der Waals surface area contributed by atoms with Crippen molar-refractivity contribution in [3.05, 3.63) is 70.0 Å². The van der Waals surface area contributed by atoms with Gasteiger partial charge in [-0.3, -0.25) is 9.59 Å². The van der Waals surface area contributed by atoms with Gasteiger partial charge >= 0.3 is 6.09 Å². The van der Waals surface area contributed by atoms with Crippen molar-refractivity contribution in [3.8, 4) is 21.7 Å². The van der Waals surface area contributed by atoms with E-state index >= 15 is 0 Å². The van der Waals surface area contributed by atoms with Crippen LogP contribution < -0.4 is 16.2 Å². The molecule has 2 aromatic carbocycles. The van der Waals surface area contributed by atoms with E-state index in [0.717, 1.165) is 22.1 Å². The van der Waals surface area contributed by atoms with E-state index in [-0.39, 0.29) is 23.9 Å². The second-order valence-corrected chi connectivity index (χ2v) is 9.49. The third kappa shape index (κ3) is 5.25. The van der Waals surface area contributed by atoms with Crippen LogP contribution in [-0.2, 0) is 17.9 Å². The first-order chi connectivity index (χ1) is 16.7. The molecule has 0 fully saturated rings. The monoisotopic (exact) mass is 490 g/mol. The minimum Gasteiger partial charge on any atom is -0.465 e. The Balaban J connectivity index is 2.01. The summed E-state index contributed by atoms with van der Waals surface area (Å²) in [7, 11) is 0. The van der Waals surface area contributed by atoms with Crippen LogP contribution in [0.25, 0.3) is 32.5 Å². The van der Waals surface area contributed by atoms with Gasteiger partial charge in [0.15, 0.2) is 0 Å². The molecule has 0 aliphatic rings. The van der Waals surface area contributed by atoms with Crippen molar-refractivity contribution in [1.82, 2.24) is 14.9 Å². The molecule has 2 heterocycles. The predicted octanol–water partition coefficient (Wildman–Crippen LogP) is 5.17. The molecule has 0 saturated heterocycles. The molecule has 2 amide bonds. The predicted molar refractivity (Wildman–Crippen MR) is 139 cm³/mol. The first-order valence-corrected chi connectivity index (χ1v) is 12.1. The highest BCUT2D eigenvalue weighted by Gasteiger charge is 2.20. The van der Waals surface area contributed by atoms with Gasteiger partial charge in [-0.05, 0) is 29.0 Å². The van der Waals surface area contributed by atoms with Gasteiger partial charge in [-0.2, -0.15) is 0 Å². The van der Waals surface area contributed by atoms with Crippen LogP contribution in [0.5, 0.6) is 0 Å². The number of anilines is 1. The first kappa shape index (κ1) is 24.2. The summed E-state index contributed by atoms with van der Waals surface area (Å²) in [6, 6.07) is 15.2. The largest absolute Gasteiger partial charge is 0.465 e. The zero-order valence-corrected chi connectivity index (χ0v) is 20.5. The second kappa shape index (κ2) is 10.1. The highest BCUT2D eigenvalue weighted by molar-refractivity contribution is 7.13. The van der Waals surface area contributed by atoms with Gasteiger partial charge in [0.25, 0.3) is 5.56 Å². The molecule has 180 valence electrons. The molecule has 0 saturated carbocycles. The number of fused-ring (bicyclic) bond motifs is 1. The Morgan fingerprint density at radius 2 is 1.83 bits per heavy atom. The summed E-state index contributed by atoms with van der Waals surface area (Å²) in [6.45, 7) is 5.91. The number of thiazole rings is 1. The summed E-state index contributed by atoms with van der Waals surface area (Å²) in [6.07, 6.45) is -1.16. The lowest BCUT2D eigenvalue weighted by Crippen LogP contribution is -2.31. The van der Waals surface area contributed by atoms with Crippen LogP contribution in [0.2, 0.25) is 0 Å². The van der Waals surface area contributed by atoms with Crippen molar-refractivity contribution in [2.45, 2.75) is 33.9 Å². The highest BCUT2D eigenvalue weighted by Crippen LogP contribution is 2.35. The van der Waals surface area contributed by atoms with Gasteiger partial charge in [-0.15, -0.1) is 11.3 Å². The lowest BCUT2D eigenvalue weighted by molar-refractivity contribution is -0.114. The Kier molecular flexibility index (Phi) is 6.97. The fourth-order valence-corrected chi connectivity index (χ4v) is 4.85. The molecule has 4 aromatic rings. The quantitative estimate of drug-likeness (QED) is 0.331. The van der Waals surface area contributed by atoms with Gasteiger partial charge in [0.05, 0.1) is 6.54 Å². The van der Waals surface area contributed by atoms with E-state index in [2.05, 4.69) is 15.6 Å². The van der Waals surface area contributed by atoms with Crippen molar-refractivity contribution in [3.63, 3.8) is 0 Å².